The number of carbonyl (C=O) groups excluding carboxylic acids is 1. The van der Waals surface area contributed by atoms with Gasteiger partial charge >= 0.3 is 6.03 Å². The summed E-state index contributed by atoms with van der Waals surface area (Å²) in [6.07, 6.45) is 0.717. The lowest BCUT2D eigenvalue weighted by atomic mass is 10.1. The zero-order valence-corrected chi connectivity index (χ0v) is 20.4. The van der Waals surface area contributed by atoms with Crippen LogP contribution < -0.4 is 14.8 Å². The second-order valence-corrected chi connectivity index (χ2v) is 8.31. The summed E-state index contributed by atoms with van der Waals surface area (Å²) in [6.45, 7) is 6.76. The highest BCUT2D eigenvalue weighted by Crippen LogP contribution is 2.30. The number of para-hydroxylation sites is 1. The van der Waals surface area contributed by atoms with Crippen molar-refractivity contribution in [3.63, 3.8) is 0 Å². The maximum absolute atomic E-state index is 12.9. The van der Waals surface area contributed by atoms with Gasteiger partial charge in [-0.05, 0) is 61.7 Å². The van der Waals surface area contributed by atoms with Gasteiger partial charge in [0, 0.05) is 48.0 Å². The summed E-state index contributed by atoms with van der Waals surface area (Å²) >= 11 is 0. The fourth-order valence-corrected chi connectivity index (χ4v) is 4.58. The summed E-state index contributed by atoms with van der Waals surface area (Å²) in [4.78, 5) is 14.8. The molecular formula is C28H33N3O3. The van der Waals surface area contributed by atoms with E-state index in [0.29, 0.717) is 31.1 Å². The van der Waals surface area contributed by atoms with Gasteiger partial charge in [-0.15, -0.1) is 0 Å². The van der Waals surface area contributed by atoms with Crippen LogP contribution in [0.2, 0.25) is 0 Å². The zero-order chi connectivity index (χ0) is 24.1. The van der Waals surface area contributed by atoms with Crippen LogP contribution in [0.5, 0.6) is 11.5 Å². The molecule has 178 valence electrons. The van der Waals surface area contributed by atoms with Crippen LogP contribution in [0.4, 0.5) is 4.79 Å². The molecule has 0 saturated carbocycles. The third-order valence-corrected chi connectivity index (χ3v) is 6.26. The minimum Gasteiger partial charge on any atom is -0.493 e. The molecule has 1 N–H and O–H groups in total. The lowest BCUT2D eigenvalue weighted by Gasteiger charge is -2.23. The first-order valence-electron chi connectivity index (χ1n) is 11.8. The van der Waals surface area contributed by atoms with E-state index in [1.165, 1.54) is 21.8 Å². The van der Waals surface area contributed by atoms with Gasteiger partial charge < -0.3 is 24.3 Å². The number of rotatable bonds is 9. The molecule has 6 heteroatoms. The molecule has 1 aromatic heterocycles. The lowest BCUT2D eigenvalue weighted by molar-refractivity contribution is 0.196. The topological polar surface area (TPSA) is 55.7 Å². The molecule has 6 nitrogen and oxygen atoms in total. The number of amides is 2. The fourth-order valence-electron chi connectivity index (χ4n) is 4.58. The summed E-state index contributed by atoms with van der Waals surface area (Å²) in [5, 5.41) is 5.44. The second kappa shape index (κ2) is 10.5. The Labute approximate surface area is 201 Å². The molecule has 3 aromatic carbocycles. The normalized spacial score (nSPS) is 11.1. The highest BCUT2D eigenvalue weighted by atomic mass is 16.5. The molecular weight excluding hydrogens is 426 g/mol. The number of hydrogen-bond donors (Lipinski definition) is 1. The van der Waals surface area contributed by atoms with Crippen LogP contribution in [-0.2, 0) is 19.5 Å². The molecule has 0 radical (unpaired) electrons. The average Bonchev–Trinajstić information content (AvgIpc) is 3.19. The van der Waals surface area contributed by atoms with Crippen molar-refractivity contribution in [1.82, 2.24) is 14.8 Å². The number of nitrogens with one attached hydrogen (secondary N) is 1. The van der Waals surface area contributed by atoms with Crippen LogP contribution in [0, 0.1) is 0 Å². The van der Waals surface area contributed by atoms with E-state index >= 15 is 0 Å². The molecule has 0 saturated heterocycles. The van der Waals surface area contributed by atoms with Crippen LogP contribution in [-0.4, -0.2) is 42.8 Å². The summed E-state index contributed by atoms with van der Waals surface area (Å²) < 4.78 is 13.1. The van der Waals surface area contributed by atoms with E-state index in [1.807, 2.05) is 30.0 Å². The maximum atomic E-state index is 12.9. The molecule has 34 heavy (non-hydrogen) atoms. The van der Waals surface area contributed by atoms with E-state index in [2.05, 4.69) is 59.3 Å². The first kappa shape index (κ1) is 23.5. The van der Waals surface area contributed by atoms with Crippen molar-refractivity contribution in [2.75, 3.05) is 27.3 Å². The smallest absolute Gasteiger partial charge is 0.317 e. The van der Waals surface area contributed by atoms with Crippen LogP contribution in [0.25, 0.3) is 21.8 Å². The van der Waals surface area contributed by atoms with Gasteiger partial charge in [0.25, 0.3) is 0 Å². The molecule has 0 bridgehead atoms. The monoisotopic (exact) mass is 459 g/mol. The molecule has 0 atom stereocenters. The quantitative estimate of drug-likeness (QED) is 0.354. The zero-order valence-electron chi connectivity index (χ0n) is 20.4. The van der Waals surface area contributed by atoms with Crippen molar-refractivity contribution in [1.29, 1.82) is 0 Å². The van der Waals surface area contributed by atoms with Gasteiger partial charge in [-0.3, -0.25) is 0 Å². The standard InChI is InChI=1S/C28H33N3O3/c1-5-29-28(32)30(16-15-20-12-14-26(33-3)27(18-20)34-4)19-21-11-13-25-23(17-21)22-9-7-8-10-24(22)31(25)6-2/h7-14,17-18H,5-6,15-16,19H2,1-4H3,(H,29,32). The third-order valence-electron chi connectivity index (χ3n) is 6.26. The van der Waals surface area contributed by atoms with Gasteiger partial charge in [0.2, 0.25) is 0 Å². The van der Waals surface area contributed by atoms with E-state index in [9.17, 15) is 4.79 Å². The van der Waals surface area contributed by atoms with Crippen LogP contribution in [0.15, 0.2) is 60.7 Å². The molecule has 0 unspecified atom stereocenters. The highest BCUT2D eigenvalue weighted by molar-refractivity contribution is 6.08. The van der Waals surface area contributed by atoms with Crippen LogP contribution in [0.3, 0.4) is 0 Å². The van der Waals surface area contributed by atoms with Crippen molar-refractivity contribution in [3.8, 4) is 11.5 Å². The average molecular weight is 460 g/mol. The van der Waals surface area contributed by atoms with Gasteiger partial charge in [-0.25, -0.2) is 4.79 Å². The van der Waals surface area contributed by atoms with Gasteiger partial charge in [-0.2, -0.15) is 0 Å². The van der Waals surface area contributed by atoms with Crippen molar-refractivity contribution in [2.45, 2.75) is 33.4 Å². The Kier molecular flexibility index (Phi) is 7.26. The Hall–Kier alpha value is -3.67. The number of aryl methyl sites for hydroxylation is 1. The number of aromatic nitrogens is 1. The summed E-state index contributed by atoms with van der Waals surface area (Å²) in [5.74, 6) is 1.40. The number of hydrogen-bond acceptors (Lipinski definition) is 3. The fraction of sp³-hybridized carbons (Fsp3) is 0.321. The number of urea groups is 1. The van der Waals surface area contributed by atoms with E-state index < -0.39 is 0 Å². The number of methoxy groups -OCH3 is 2. The Morgan fingerprint density at radius 2 is 1.62 bits per heavy atom. The highest BCUT2D eigenvalue weighted by Gasteiger charge is 2.16. The van der Waals surface area contributed by atoms with Crippen molar-refractivity contribution in [3.05, 3.63) is 71.8 Å². The SMILES string of the molecule is CCNC(=O)N(CCc1ccc(OC)c(OC)c1)Cc1ccc2c(c1)c1ccccc1n2CC. The Morgan fingerprint density at radius 1 is 0.882 bits per heavy atom. The number of ether oxygens (including phenoxy) is 2. The molecule has 0 spiro atoms. The minimum atomic E-state index is -0.0564. The molecule has 0 aliphatic carbocycles. The summed E-state index contributed by atoms with van der Waals surface area (Å²) in [7, 11) is 3.26. The minimum absolute atomic E-state index is 0.0564. The first-order chi connectivity index (χ1) is 16.6. The van der Waals surface area contributed by atoms with Gasteiger partial charge in [-0.1, -0.05) is 30.3 Å². The number of carbonyl (C=O) groups is 1. The van der Waals surface area contributed by atoms with E-state index in [4.69, 9.17) is 9.47 Å². The van der Waals surface area contributed by atoms with Gasteiger partial charge in [0.15, 0.2) is 11.5 Å². The van der Waals surface area contributed by atoms with Crippen LogP contribution >= 0.6 is 0 Å². The van der Waals surface area contributed by atoms with E-state index in [1.54, 1.807) is 14.2 Å². The maximum Gasteiger partial charge on any atom is 0.317 e. The number of nitrogens with zero attached hydrogens (tertiary/aromatic N) is 2. The predicted octanol–water partition coefficient (Wildman–Crippen LogP) is 5.61. The molecule has 2 amide bonds. The Morgan fingerprint density at radius 3 is 2.35 bits per heavy atom. The van der Waals surface area contributed by atoms with Crippen LogP contribution in [0.1, 0.15) is 25.0 Å². The molecule has 4 aromatic rings. The largest absolute Gasteiger partial charge is 0.493 e. The summed E-state index contributed by atoms with van der Waals surface area (Å²) in [5.41, 5.74) is 4.67. The van der Waals surface area contributed by atoms with E-state index in [0.717, 1.165) is 24.1 Å². The van der Waals surface area contributed by atoms with Crippen molar-refractivity contribution < 1.29 is 14.3 Å². The van der Waals surface area contributed by atoms with Crippen molar-refractivity contribution >= 4 is 27.8 Å². The number of fused-ring (bicyclic) bond motifs is 3. The molecule has 0 fully saturated rings. The first-order valence-corrected chi connectivity index (χ1v) is 11.8. The summed E-state index contributed by atoms with van der Waals surface area (Å²) in [6, 6.07) is 20.9. The Bertz CT molecular complexity index is 1300. The predicted molar refractivity (Wildman–Crippen MR) is 138 cm³/mol. The molecule has 1 heterocycles. The molecule has 0 aliphatic rings. The Balaban J connectivity index is 1.60. The molecule has 4 rings (SSSR count). The third kappa shape index (κ3) is 4.67. The van der Waals surface area contributed by atoms with Gasteiger partial charge in [0.05, 0.1) is 14.2 Å². The second-order valence-electron chi connectivity index (χ2n) is 8.31. The molecule has 0 aliphatic heterocycles. The number of benzene rings is 3. The lowest BCUT2D eigenvalue weighted by Crippen LogP contribution is -2.40. The van der Waals surface area contributed by atoms with Crippen molar-refractivity contribution in [2.24, 2.45) is 0 Å². The van der Waals surface area contributed by atoms with Gasteiger partial charge in [0.1, 0.15) is 0 Å². The van der Waals surface area contributed by atoms with E-state index in [-0.39, 0.29) is 6.03 Å².